The summed E-state index contributed by atoms with van der Waals surface area (Å²) in [5.41, 5.74) is 2.64. The molecule has 28 heavy (non-hydrogen) atoms. The number of piperidine rings is 1. The van der Waals surface area contributed by atoms with Crippen LogP contribution in [0.5, 0.6) is 0 Å². The molecule has 0 aromatic heterocycles. The van der Waals surface area contributed by atoms with Gasteiger partial charge in [-0.1, -0.05) is 31.2 Å². The van der Waals surface area contributed by atoms with Crippen LogP contribution in [0.4, 0.5) is 0 Å². The lowest BCUT2D eigenvalue weighted by Crippen LogP contribution is -2.45. The zero-order valence-electron chi connectivity index (χ0n) is 17.7. The number of aliphatic hydroxyl groups is 1. The van der Waals surface area contributed by atoms with Gasteiger partial charge >= 0.3 is 0 Å². The summed E-state index contributed by atoms with van der Waals surface area (Å²) in [5, 5.41) is 16.6. The van der Waals surface area contributed by atoms with Gasteiger partial charge in [0, 0.05) is 19.1 Å². The monoisotopic (exact) mass is 386 g/mol. The molecule has 2 aliphatic rings. The van der Waals surface area contributed by atoms with E-state index in [-0.39, 0.29) is 6.10 Å². The van der Waals surface area contributed by atoms with Crippen molar-refractivity contribution in [1.29, 1.82) is 0 Å². The highest BCUT2D eigenvalue weighted by molar-refractivity contribution is 5.80. The van der Waals surface area contributed by atoms with E-state index < -0.39 is 0 Å². The molecule has 3 N–H and O–H groups in total. The summed E-state index contributed by atoms with van der Waals surface area (Å²) in [6.45, 7) is 9.51. The van der Waals surface area contributed by atoms with Crippen LogP contribution in [0.15, 0.2) is 29.3 Å². The van der Waals surface area contributed by atoms with Crippen LogP contribution in [0.1, 0.15) is 63.5 Å². The number of aliphatic imine (C=N–C) groups is 1. The van der Waals surface area contributed by atoms with E-state index in [4.69, 9.17) is 4.99 Å². The zero-order chi connectivity index (χ0) is 19.8. The number of benzene rings is 1. The summed E-state index contributed by atoms with van der Waals surface area (Å²) in [7, 11) is 0. The van der Waals surface area contributed by atoms with Crippen molar-refractivity contribution in [3.63, 3.8) is 0 Å². The largest absolute Gasteiger partial charge is 0.393 e. The normalized spacial score (nSPS) is 24.9. The molecule has 0 spiro atoms. The Bertz CT molecular complexity index is 600. The smallest absolute Gasteiger partial charge is 0.191 e. The van der Waals surface area contributed by atoms with E-state index in [1.807, 2.05) is 0 Å². The third-order valence-corrected chi connectivity index (χ3v) is 6.11. The van der Waals surface area contributed by atoms with Crippen LogP contribution in [-0.4, -0.2) is 47.7 Å². The molecule has 2 fully saturated rings. The fraction of sp³-hybridized carbons (Fsp3) is 0.696. The van der Waals surface area contributed by atoms with E-state index in [0.717, 1.165) is 50.7 Å². The first-order valence-corrected chi connectivity index (χ1v) is 11.2. The SMILES string of the molecule is CCNC(=NCc1ccc(CN2CCC(C)CC2)cc1)NC1CCC(O)CC1. The molecule has 0 radical (unpaired) electrons. The average molecular weight is 387 g/mol. The highest BCUT2D eigenvalue weighted by atomic mass is 16.3. The Morgan fingerprint density at radius 1 is 1.04 bits per heavy atom. The molecule has 1 saturated heterocycles. The van der Waals surface area contributed by atoms with Crippen molar-refractivity contribution in [3.8, 4) is 0 Å². The summed E-state index contributed by atoms with van der Waals surface area (Å²) in [6.07, 6.45) is 6.32. The lowest BCUT2D eigenvalue weighted by Gasteiger charge is -2.30. The maximum atomic E-state index is 9.68. The van der Waals surface area contributed by atoms with Crippen molar-refractivity contribution in [3.05, 3.63) is 35.4 Å². The summed E-state index contributed by atoms with van der Waals surface area (Å²) < 4.78 is 0. The van der Waals surface area contributed by atoms with Crippen LogP contribution in [0.3, 0.4) is 0 Å². The molecule has 156 valence electrons. The first-order chi connectivity index (χ1) is 13.6. The van der Waals surface area contributed by atoms with Gasteiger partial charge in [-0.3, -0.25) is 4.90 Å². The van der Waals surface area contributed by atoms with Gasteiger partial charge in [0.15, 0.2) is 5.96 Å². The van der Waals surface area contributed by atoms with Gasteiger partial charge in [-0.25, -0.2) is 4.99 Å². The maximum absolute atomic E-state index is 9.68. The molecule has 1 aromatic carbocycles. The topological polar surface area (TPSA) is 59.9 Å². The number of hydrogen-bond acceptors (Lipinski definition) is 3. The first kappa shape index (κ1) is 21.1. The number of hydrogen-bond donors (Lipinski definition) is 3. The second kappa shape index (κ2) is 10.8. The molecular weight excluding hydrogens is 348 g/mol. The van der Waals surface area contributed by atoms with E-state index in [1.165, 1.54) is 37.1 Å². The molecule has 0 amide bonds. The Kier molecular flexibility index (Phi) is 8.16. The predicted molar refractivity (Wildman–Crippen MR) is 116 cm³/mol. The molecule has 3 rings (SSSR count). The molecule has 0 atom stereocenters. The van der Waals surface area contributed by atoms with Crippen molar-refractivity contribution < 1.29 is 5.11 Å². The van der Waals surface area contributed by atoms with E-state index >= 15 is 0 Å². The molecular formula is C23H38N4O. The van der Waals surface area contributed by atoms with Crippen LogP contribution >= 0.6 is 0 Å². The predicted octanol–water partition coefficient (Wildman–Crippen LogP) is 3.28. The van der Waals surface area contributed by atoms with Crippen LogP contribution in [0.25, 0.3) is 0 Å². The minimum atomic E-state index is -0.121. The Morgan fingerprint density at radius 3 is 2.32 bits per heavy atom. The molecule has 1 saturated carbocycles. The molecule has 5 nitrogen and oxygen atoms in total. The lowest BCUT2D eigenvalue weighted by atomic mass is 9.93. The molecule has 5 heteroatoms. The number of guanidine groups is 1. The van der Waals surface area contributed by atoms with E-state index in [2.05, 4.69) is 53.6 Å². The third-order valence-electron chi connectivity index (χ3n) is 6.11. The highest BCUT2D eigenvalue weighted by Crippen LogP contribution is 2.19. The number of likely N-dealkylation sites (tertiary alicyclic amines) is 1. The Morgan fingerprint density at radius 2 is 1.68 bits per heavy atom. The standard InChI is InChI=1S/C23H38N4O/c1-3-24-23(26-21-8-10-22(28)11-9-21)25-16-19-4-6-20(7-5-19)17-27-14-12-18(2)13-15-27/h4-7,18,21-22,28H,3,8-17H2,1-2H3,(H2,24,25,26). The molecule has 0 bridgehead atoms. The van der Waals surface area contributed by atoms with Crippen molar-refractivity contribution in [2.75, 3.05) is 19.6 Å². The molecule has 1 aliphatic heterocycles. The van der Waals surface area contributed by atoms with E-state index in [9.17, 15) is 5.11 Å². The maximum Gasteiger partial charge on any atom is 0.191 e. The zero-order valence-corrected chi connectivity index (χ0v) is 17.7. The van der Waals surface area contributed by atoms with Crippen LogP contribution in [-0.2, 0) is 13.1 Å². The number of rotatable bonds is 6. The van der Waals surface area contributed by atoms with Crippen molar-refractivity contribution >= 4 is 5.96 Å². The van der Waals surface area contributed by atoms with Crippen LogP contribution < -0.4 is 10.6 Å². The average Bonchev–Trinajstić information content (AvgIpc) is 2.71. The van der Waals surface area contributed by atoms with Crippen molar-refractivity contribution in [1.82, 2.24) is 15.5 Å². The third kappa shape index (κ3) is 6.78. The number of aliphatic hydroxyl groups excluding tert-OH is 1. The minimum Gasteiger partial charge on any atom is -0.393 e. The fourth-order valence-electron chi connectivity index (χ4n) is 4.13. The molecule has 1 aliphatic carbocycles. The first-order valence-electron chi connectivity index (χ1n) is 11.2. The van der Waals surface area contributed by atoms with Crippen molar-refractivity contribution in [2.24, 2.45) is 10.9 Å². The Balaban J connectivity index is 1.49. The molecule has 1 heterocycles. The highest BCUT2D eigenvalue weighted by Gasteiger charge is 2.20. The van der Waals surface area contributed by atoms with Gasteiger partial charge < -0.3 is 15.7 Å². The fourth-order valence-corrected chi connectivity index (χ4v) is 4.13. The second-order valence-corrected chi connectivity index (χ2v) is 8.62. The van der Waals surface area contributed by atoms with Gasteiger partial charge in [-0.05, 0) is 75.6 Å². The summed E-state index contributed by atoms with van der Waals surface area (Å²) >= 11 is 0. The minimum absolute atomic E-state index is 0.121. The summed E-state index contributed by atoms with van der Waals surface area (Å²) in [5.74, 6) is 1.77. The van der Waals surface area contributed by atoms with Gasteiger partial charge in [0.25, 0.3) is 0 Å². The Labute approximate surface area is 170 Å². The quantitative estimate of drug-likeness (QED) is 0.519. The molecule has 0 unspecified atom stereocenters. The van der Waals surface area contributed by atoms with Crippen LogP contribution in [0, 0.1) is 5.92 Å². The second-order valence-electron chi connectivity index (χ2n) is 8.62. The van der Waals surface area contributed by atoms with Gasteiger partial charge in [0.2, 0.25) is 0 Å². The van der Waals surface area contributed by atoms with Gasteiger partial charge in [0.05, 0.1) is 12.6 Å². The van der Waals surface area contributed by atoms with Gasteiger partial charge in [-0.15, -0.1) is 0 Å². The van der Waals surface area contributed by atoms with Gasteiger partial charge in [0.1, 0.15) is 0 Å². The number of nitrogens with zero attached hydrogens (tertiary/aromatic N) is 2. The van der Waals surface area contributed by atoms with E-state index in [1.54, 1.807) is 0 Å². The van der Waals surface area contributed by atoms with Gasteiger partial charge in [-0.2, -0.15) is 0 Å². The lowest BCUT2D eigenvalue weighted by molar-refractivity contribution is 0.120. The van der Waals surface area contributed by atoms with Crippen molar-refractivity contribution in [2.45, 2.75) is 77.6 Å². The van der Waals surface area contributed by atoms with E-state index in [0.29, 0.717) is 12.6 Å². The van der Waals surface area contributed by atoms with Crippen LogP contribution in [0.2, 0.25) is 0 Å². The molecule has 1 aromatic rings. The summed E-state index contributed by atoms with van der Waals surface area (Å²) in [4.78, 5) is 7.34. The number of nitrogens with one attached hydrogen (secondary N) is 2. The Hall–Kier alpha value is -1.59. The summed E-state index contributed by atoms with van der Waals surface area (Å²) in [6, 6.07) is 9.35.